The number of rotatable bonds is 5. The highest BCUT2D eigenvalue weighted by Gasteiger charge is 2.40. The summed E-state index contributed by atoms with van der Waals surface area (Å²) in [7, 11) is -0.101. The molecule has 1 saturated heterocycles. The van der Waals surface area contributed by atoms with Crippen LogP contribution in [0.3, 0.4) is 0 Å². The van der Waals surface area contributed by atoms with Gasteiger partial charge >= 0.3 is 0 Å². The standard InChI is InChI=1S/C30H27Cl2N5O5S/c1-30(2)15-42-5-4-36(30)29(39)25-27-26(37(35-25)21-9-19(31)8-20(32)10-21)23-11-22(16-6-17(28(33)38)13-34-12-16)24(41-3)7-18(23)14-43(27)40/h6-13H,4-5,14-15H2,1-3H3,(H2,33,38). The quantitative estimate of drug-likeness (QED) is 0.329. The van der Waals surface area contributed by atoms with E-state index in [0.29, 0.717) is 68.5 Å². The Morgan fingerprint density at radius 1 is 1.07 bits per heavy atom. The van der Waals surface area contributed by atoms with Crippen LogP contribution in [0, 0.1) is 0 Å². The Hall–Kier alpha value is -3.77. The van der Waals surface area contributed by atoms with Gasteiger partial charge in [0.15, 0.2) is 5.69 Å². The lowest BCUT2D eigenvalue weighted by Crippen LogP contribution is -2.55. The summed E-state index contributed by atoms with van der Waals surface area (Å²) in [5.74, 6) is -0.340. The topological polar surface area (TPSA) is 130 Å². The summed E-state index contributed by atoms with van der Waals surface area (Å²) < 4.78 is 26.9. The molecule has 43 heavy (non-hydrogen) atoms. The van der Waals surface area contributed by atoms with E-state index >= 15 is 0 Å². The number of methoxy groups -OCH3 is 1. The van der Waals surface area contributed by atoms with Crippen molar-refractivity contribution in [2.45, 2.75) is 30.0 Å². The van der Waals surface area contributed by atoms with Crippen molar-refractivity contribution < 1.29 is 23.3 Å². The molecule has 0 bridgehead atoms. The number of pyridine rings is 1. The molecule has 1 fully saturated rings. The van der Waals surface area contributed by atoms with E-state index in [0.717, 1.165) is 5.56 Å². The summed E-state index contributed by atoms with van der Waals surface area (Å²) in [6, 6.07) is 10.2. The van der Waals surface area contributed by atoms with Crippen molar-refractivity contribution in [3.63, 3.8) is 0 Å². The van der Waals surface area contributed by atoms with Crippen LogP contribution in [0.15, 0.2) is 53.7 Å². The van der Waals surface area contributed by atoms with Crippen molar-refractivity contribution in [1.29, 1.82) is 0 Å². The second-order valence-corrected chi connectivity index (χ2v) is 13.2. The molecule has 13 heteroatoms. The third-order valence-electron chi connectivity index (χ3n) is 7.56. The van der Waals surface area contributed by atoms with Gasteiger partial charge in [-0.25, -0.2) is 4.68 Å². The summed E-state index contributed by atoms with van der Waals surface area (Å²) in [4.78, 5) is 32.3. The van der Waals surface area contributed by atoms with Crippen molar-refractivity contribution in [3.8, 4) is 33.8 Å². The Labute approximate surface area is 260 Å². The van der Waals surface area contributed by atoms with Gasteiger partial charge in [-0.2, -0.15) is 5.10 Å². The highest BCUT2D eigenvalue weighted by Crippen LogP contribution is 2.45. The number of primary amides is 1. The zero-order chi connectivity index (χ0) is 30.6. The monoisotopic (exact) mass is 639 g/mol. The predicted octanol–water partition coefficient (Wildman–Crippen LogP) is 4.89. The number of hydrogen-bond donors (Lipinski definition) is 1. The number of aromatic nitrogens is 3. The predicted molar refractivity (Wildman–Crippen MR) is 163 cm³/mol. The molecule has 2 N–H and O–H groups in total. The zero-order valence-corrected chi connectivity index (χ0v) is 25.8. The van der Waals surface area contributed by atoms with Crippen LogP contribution in [-0.4, -0.2) is 68.1 Å². The Morgan fingerprint density at radius 3 is 2.49 bits per heavy atom. The van der Waals surface area contributed by atoms with Crippen LogP contribution in [0.25, 0.3) is 28.1 Å². The first-order chi connectivity index (χ1) is 20.5. The van der Waals surface area contributed by atoms with Crippen molar-refractivity contribution >= 4 is 45.8 Å². The number of benzene rings is 2. The maximum Gasteiger partial charge on any atom is 0.276 e. The largest absolute Gasteiger partial charge is 0.496 e. The van der Waals surface area contributed by atoms with Crippen LogP contribution in [0.1, 0.15) is 40.3 Å². The summed E-state index contributed by atoms with van der Waals surface area (Å²) in [5, 5.41) is 5.53. The first-order valence-corrected chi connectivity index (χ1v) is 15.4. The van der Waals surface area contributed by atoms with Crippen molar-refractivity contribution in [1.82, 2.24) is 19.7 Å². The molecule has 4 aromatic rings. The Balaban J connectivity index is 1.63. The second kappa shape index (κ2) is 11.1. The molecule has 2 aliphatic heterocycles. The summed E-state index contributed by atoms with van der Waals surface area (Å²) in [6.07, 6.45) is 2.99. The number of hydrogen-bond acceptors (Lipinski definition) is 7. The average molecular weight is 641 g/mol. The first kappa shape index (κ1) is 29.3. The fraction of sp³-hybridized carbons (Fsp3) is 0.267. The number of nitrogens with two attached hydrogens (primary N) is 1. The molecule has 10 nitrogen and oxygen atoms in total. The molecule has 2 aromatic carbocycles. The minimum absolute atomic E-state index is 0.0832. The highest BCUT2D eigenvalue weighted by atomic mass is 35.5. The minimum Gasteiger partial charge on any atom is -0.496 e. The number of morpholine rings is 1. The van der Waals surface area contributed by atoms with Gasteiger partial charge in [0.1, 0.15) is 5.75 Å². The third-order valence-corrected chi connectivity index (χ3v) is 9.41. The molecule has 2 aliphatic rings. The Kier molecular flexibility index (Phi) is 7.54. The van der Waals surface area contributed by atoms with E-state index in [-0.39, 0.29) is 22.9 Å². The fourth-order valence-corrected chi connectivity index (χ4v) is 7.43. The van der Waals surface area contributed by atoms with Gasteiger partial charge in [0.05, 0.1) is 64.3 Å². The SMILES string of the molecule is COc1cc2c(cc1-c1cncc(C(N)=O)c1)-c1c(c(C(=O)N3CCOCC3(C)C)nn1-c1cc(Cl)cc(Cl)c1)S(=O)C2. The van der Waals surface area contributed by atoms with Crippen LogP contribution >= 0.6 is 23.2 Å². The summed E-state index contributed by atoms with van der Waals surface area (Å²) >= 11 is 12.8. The van der Waals surface area contributed by atoms with Crippen LogP contribution in [-0.2, 0) is 21.3 Å². The van der Waals surface area contributed by atoms with Crippen LogP contribution in [0.4, 0.5) is 0 Å². The lowest BCUT2D eigenvalue weighted by molar-refractivity contribution is -0.0374. The molecule has 1 unspecified atom stereocenters. The number of carbonyl (C=O) groups is 2. The lowest BCUT2D eigenvalue weighted by Gasteiger charge is -2.41. The number of amides is 2. The number of fused-ring (bicyclic) bond motifs is 3. The van der Waals surface area contributed by atoms with E-state index in [1.165, 1.54) is 13.3 Å². The molecule has 222 valence electrons. The summed E-state index contributed by atoms with van der Waals surface area (Å²) in [5.41, 5.74) is 8.82. The second-order valence-electron chi connectivity index (χ2n) is 10.9. The molecule has 4 heterocycles. The van der Waals surface area contributed by atoms with Crippen molar-refractivity contribution in [2.75, 3.05) is 26.9 Å². The van der Waals surface area contributed by atoms with E-state index in [1.54, 1.807) is 46.1 Å². The average Bonchev–Trinajstić information content (AvgIpc) is 3.37. The fourth-order valence-electron chi connectivity index (χ4n) is 5.50. The molecular weight excluding hydrogens is 613 g/mol. The van der Waals surface area contributed by atoms with Crippen LogP contribution in [0.2, 0.25) is 10.0 Å². The molecule has 2 amide bonds. The molecular formula is C30H27Cl2N5O5S. The molecule has 2 aromatic heterocycles. The molecule has 6 rings (SSSR count). The van der Waals surface area contributed by atoms with Crippen LogP contribution in [0.5, 0.6) is 5.75 Å². The number of halogens is 2. The van der Waals surface area contributed by atoms with Gasteiger partial charge in [-0.3, -0.25) is 18.8 Å². The van der Waals surface area contributed by atoms with Crippen molar-refractivity contribution in [3.05, 3.63) is 75.7 Å². The van der Waals surface area contributed by atoms with E-state index in [2.05, 4.69) is 4.98 Å². The smallest absolute Gasteiger partial charge is 0.276 e. The van der Waals surface area contributed by atoms with Gasteiger partial charge < -0.3 is 20.1 Å². The van der Waals surface area contributed by atoms with E-state index in [4.69, 9.17) is 43.5 Å². The molecule has 0 radical (unpaired) electrons. The van der Waals surface area contributed by atoms with Gasteiger partial charge in [-0.15, -0.1) is 0 Å². The van der Waals surface area contributed by atoms with E-state index < -0.39 is 22.2 Å². The van der Waals surface area contributed by atoms with Gasteiger partial charge in [0.2, 0.25) is 5.91 Å². The van der Waals surface area contributed by atoms with E-state index in [1.807, 2.05) is 19.9 Å². The number of carbonyl (C=O) groups excluding carboxylic acids is 2. The molecule has 1 atom stereocenters. The van der Waals surface area contributed by atoms with Gasteiger partial charge in [0.25, 0.3) is 5.91 Å². The van der Waals surface area contributed by atoms with E-state index in [9.17, 15) is 13.8 Å². The molecule has 0 aliphatic carbocycles. The molecule has 0 spiro atoms. The zero-order valence-electron chi connectivity index (χ0n) is 23.5. The molecule has 0 saturated carbocycles. The Morgan fingerprint density at radius 2 is 1.81 bits per heavy atom. The maximum absolute atomic E-state index is 14.1. The van der Waals surface area contributed by atoms with Gasteiger partial charge in [-0.1, -0.05) is 23.2 Å². The number of nitrogens with zero attached hydrogens (tertiary/aromatic N) is 4. The Bertz CT molecular complexity index is 1820. The first-order valence-electron chi connectivity index (χ1n) is 13.3. The minimum atomic E-state index is -1.63. The summed E-state index contributed by atoms with van der Waals surface area (Å²) in [6.45, 7) is 4.95. The third kappa shape index (κ3) is 5.20. The van der Waals surface area contributed by atoms with Crippen molar-refractivity contribution in [2.24, 2.45) is 5.73 Å². The maximum atomic E-state index is 14.1. The van der Waals surface area contributed by atoms with Gasteiger partial charge in [-0.05, 0) is 55.8 Å². The highest BCUT2D eigenvalue weighted by molar-refractivity contribution is 7.84. The normalized spacial score (nSPS) is 17.2. The number of ether oxygens (including phenoxy) is 2. The van der Waals surface area contributed by atoms with Crippen LogP contribution < -0.4 is 10.5 Å². The van der Waals surface area contributed by atoms with Gasteiger partial charge in [0, 0.05) is 45.7 Å². The lowest BCUT2D eigenvalue weighted by atomic mass is 9.96.